The number of carbonyl (C=O) groups is 2. The zero-order chi connectivity index (χ0) is 25.6. The van der Waals surface area contributed by atoms with Crippen LogP contribution in [0.1, 0.15) is 42.3 Å². The van der Waals surface area contributed by atoms with Gasteiger partial charge < -0.3 is 13.8 Å². The second kappa shape index (κ2) is 9.06. The zero-order valence-corrected chi connectivity index (χ0v) is 21.8. The first-order valence-electron chi connectivity index (χ1n) is 11.9. The molecule has 3 aromatic carbocycles. The predicted molar refractivity (Wildman–Crippen MR) is 147 cm³/mol. The van der Waals surface area contributed by atoms with Crippen LogP contribution in [0, 0.1) is 6.92 Å². The number of rotatable bonds is 7. The molecule has 0 saturated carbocycles. The predicted octanol–water partition coefficient (Wildman–Crippen LogP) is 7.11. The van der Waals surface area contributed by atoms with Crippen LogP contribution in [0.25, 0.3) is 32.8 Å². The fourth-order valence-electron chi connectivity index (χ4n) is 4.53. The van der Waals surface area contributed by atoms with Gasteiger partial charge in [-0.3, -0.25) is 4.79 Å². The molecule has 0 amide bonds. The molecule has 2 aromatic heterocycles. The van der Waals surface area contributed by atoms with Gasteiger partial charge in [0.25, 0.3) is 0 Å². The summed E-state index contributed by atoms with van der Waals surface area (Å²) in [5, 5.41) is 2.66. The topological polar surface area (TPSA) is 73.5 Å². The molecular weight excluding hydrogens is 472 g/mol. The number of nitrogens with zero attached hydrogens (tertiary/aromatic N) is 1. The van der Waals surface area contributed by atoms with Crippen molar-refractivity contribution in [3.05, 3.63) is 77.6 Å². The Morgan fingerprint density at radius 1 is 1.06 bits per heavy atom. The van der Waals surface area contributed by atoms with Crippen molar-refractivity contribution in [2.75, 3.05) is 11.7 Å². The largest absolute Gasteiger partial charge is 0.461 e. The lowest BCUT2D eigenvalue weighted by Crippen LogP contribution is -2.31. The van der Waals surface area contributed by atoms with Crippen molar-refractivity contribution >= 4 is 62.0 Å². The van der Waals surface area contributed by atoms with Crippen molar-refractivity contribution in [2.45, 2.75) is 39.0 Å². The maximum Gasteiger partial charge on any atom is 0.347 e. The SMILES string of the molecule is CCn1c2ccc(C(=O)c3ccccc3C)cc2c2c3occ(NOC(=O)C(C)(C)SC)c3ccc21. The van der Waals surface area contributed by atoms with Crippen molar-refractivity contribution in [3.63, 3.8) is 0 Å². The Morgan fingerprint density at radius 3 is 2.53 bits per heavy atom. The summed E-state index contributed by atoms with van der Waals surface area (Å²) >= 11 is 1.42. The van der Waals surface area contributed by atoms with E-state index >= 15 is 0 Å². The molecule has 36 heavy (non-hydrogen) atoms. The van der Waals surface area contributed by atoms with E-state index in [1.165, 1.54) is 11.8 Å². The number of ketones is 1. The fraction of sp³-hybridized carbons (Fsp3) is 0.241. The number of hydrogen-bond donors (Lipinski definition) is 1. The molecule has 2 heterocycles. The molecule has 1 N–H and O–H groups in total. The molecule has 184 valence electrons. The maximum atomic E-state index is 13.4. The van der Waals surface area contributed by atoms with Gasteiger partial charge in [-0.25, -0.2) is 10.3 Å². The summed E-state index contributed by atoms with van der Waals surface area (Å²) in [4.78, 5) is 31.1. The fourth-order valence-corrected chi connectivity index (χ4v) is 4.73. The normalized spacial score (nSPS) is 11.9. The Kier molecular flexibility index (Phi) is 6.04. The number of benzene rings is 3. The molecule has 0 spiro atoms. The molecule has 0 saturated heterocycles. The van der Waals surface area contributed by atoms with Gasteiger partial charge in [0.05, 0.1) is 10.9 Å². The lowest BCUT2D eigenvalue weighted by Gasteiger charge is -2.19. The minimum atomic E-state index is -0.672. The quantitative estimate of drug-likeness (QED) is 0.190. The van der Waals surface area contributed by atoms with Crippen molar-refractivity contribution in [1.29, 1.82) is 0 Å². The molecule has 0 unspecified atom stereocenters. The third-order valence-corrected chi connectivity index (χ3v) is 7.98. The van der Waals surface area contributed by atoms with E-state index in [0.717, 1.165) is 39.3 Å². The molecule has 0 aliphatic heterocycles. The summed E-state index contributed by atoms with van der Waals surface area (Å²) in [7, 11) is 0. The van der Waals surface area contributed by atoms with Crippen molar-refractivity contribution in [2.24, 2.45) is 0 Å². The van der Waals surface area contributed by atoms with E-state index in [1.807, 2.05) is 81.6 Å². The molecule has 7 heteroatoms. The Balaban J connectivity index is 1.63. The van der Waals surface area contributed by atoms with Crippen molar-refractivity contribution in [3.8, 4) is 0 Å². The molecular formula is C29H28N2O4S. The van der Waals surface area contributed by atoms with E-state index in [1.54, 1.807) is 6.26 Å². The van der Waals surface area contributed by atoms with E-state index in [2.05, 4.69) is 17.0 Å². The molecule has 0 fully saturated rings. The highest BCUT2D eigenvalue weighted by molar-refractivity contribution is 8.00. The molecule has 0 aliphatic carbocycles. The van der Waals surface area contributed by atoms with Crippen molar-refractivity contribution in [1.82, 2.24) is 4.57 Å². The number of aromatic nitrogens is 1. The first-order valence-corrected chi connectivity index (χ1v) is 13.1. The van der Waals surface area contributed by atoms with E-state index in [-0.39, 0.29) is 11.8 Å². The van der Waals surface area contributed by atoms with Crippen LogP contribution in [0.4, 0.5) is 5.69 Å². The molecule has 0 bridgehead atoms. The third-order valence-electron chi connectivity index (χ3n) is 6.79. The molecule has 5 rings (SSSR count). The van der Waals surface area contributed by atoms with Crippen LogP contribution in [-0.4, -0.2) is 27.3 Å². The highest BCUT2D eigenvalue weighted by Gasteiger charge is 2.29. The van der Waals surface area contributed by atoms with Crippen LogP contribution in [0.15, 0.2) is 65.3 Å². The van der Waals surface area contributed by atoms with Gasteiger partial charge in [-0.05, 0) is 69.8 Å². The summed E-state index contributed by atoms with van der Waals surface area (Å²) in [6.45, 7) is 8.44. The van der Waals surface area contributed by atoms with Crippen LogP contribution in [0.5, 0.6) is 0 Å². The number of thioether (sulfide) groups is 1. The smallest absolute Gasteiger partial charge is 0.347 e. The van der Waals surface area contributed by atoms with E-state index in [4.69, 9.17) is 9.25 Å². The number of fused-ring (bicyclic) bond motifs is 5. The summed E-state index contributed by atoms with van der Waals surface area (Å²) in [6.07, 6.45) is 3.42. The highest BCUT2D eigenvalue weighted by atomic mass is 32.2. The first kappa shape index (κ1) is 24.0. The van der Waals surface area contributed by atoms with Crippen LogP contribution in [-0.2, 0) is 16.2 Å². The highest BCUT2D eigenvalue weighted by Crippen LogP contribution is 2.39. The van der Waals surface area contributed by atoms with Crippen LogP contribution in [0.2, 0.25) is 0 Å². The van der Waals surface area contributed by atoms with Crippen LogP contribution >= 0.6 is 11.8 Å². The van der Waals surface area contributed by atoms with Gasteiger partial charge >= 0.3 is 5.97 Å². The van der Waals surface area contributed by atoms with Crippen LogP contribution in [0.3, 0.4) is 0 Å². The summed E-state index contributed by atoms with van der Waals surface area (Å²) < 4.78 is 7.56. The van der Waals surface area contributed by atoms with Gasteiger partial charge in [0, 0.05) is 34.0 Å². The van der Waals surface area contributed by atoms with Gasteiger partial charge in [-0.2, -0.15) is 0 Å². The first-order chi connectivity index (χ1) is 17.3. The van der Waals surface area contributed by atoms with Gasteiger partial charge in [-0.15, -0.1) is 11.8 Å². The molecule has 5 aromatic rings. The summed E-state index contributed by atoms with van der Waals surface area (Å²) in [5.41, 5.74) is 8.34. The van der Waals surface area contributed by atoms with E-state index < -0.39 is 4.75 Å². The number of furan rings is 1. The van der Waals surface area contributed by atoms with Crippen molar-refractivity contribution < 1.29 is 18.8 Å². The molecule has 6 nitrogen and oxygen atoms in total. The minimum Gasteiger partial charge on any atom is -0.461 e. The lowest BCUT2D eigenvalue weighted by molar-refractivity contribution is -0.142. The average molecular weight is 501 g/mol. The van der Waals surface area contributed by atoms with E-state index in [0.29, 0.717) is 22.4 Å². The van der Waals surface area contributed by atoms with Crippen LogP contribution < -0.4 is 5.48 Å². The number of anilines is 1. The number of aryl methyl sites for hydroxylation is 2. The average Bonchev–Trinajstić information content (AvgIpc) is 3.44. The Hall–Kier alpha value is -3.71. The Morgan fingerprint density at radius 2 is 1.81 bits per heavy atom. The van der Waals surface area contributed by atoms with Gasteiger partial charge in [0.15, 0.2) is 5.78 Å². The van der Waals surface area contributed by atoms with Gasteiger partial charge in [-0.1, -0.05) is 24.3 Å². The van der Waals surface area contributed by atoms with Gasteiger partial charge in [0.1, 0.15) is 22.3 Å². The minimum absolute atomic E-state index is 0.00954. The zero-order valence-electron chi connectivity index (χ0n) is 21.0. The second-order valence-corrected chi connectivity index (χ2v) is 10.7. The number of nitrogens with one attached hydrogen (secondary N) is 1. The Bertz CT molecular complexity index is 1640. The summed E-state index contributed by atoms with van der Waals surface area (Å²) in [5.74, 6) is -0.378. The Labute approximate surface area is 213 Å². The summed E-state index contributed by atoms with van der Waals surface area (Å²) in [6, 6.07) is 17.5. The number of hydrogen-bond acceptors (Lipinski definition) is 6. The standard InChI is InChI=1S/C29H28N2O4S/c1-6-31-23-13-11-18(26(32)19-10-8-7-9-17(19)2)15-21(23)25-24(31)14-12-20-22(16-34-27(20)25)30-35-28(33)29(3,4)36-5/h7-16,30H,6H2,1-5H3. The molecule has 0 atom stereocenters. The third kappa shape index (κ3) is 3.84. The second-order valence-electron chi connectivity index (χ2n) is 9.31. The number of carbonyl (C=O) groups excluding carboxylic acids is 2. The maximum absolute atomic E-state index is 13.4. The molecule has 0 radical (unpaired) electrons. The molecule has 0 aliphatic rings. The lowest BCUT2D eigenvalue weighted by atomic mass is 9.97. The van der Waals surface area contributed by atoms with E-state index in [9.17, 15) is 9.59 Å². The monoisotopic (exact) mass is 500 g/mol. The van der Waals surface area contributed by atoms with Gasteiger partial charge in [0.2, 0.25) is 0 Å².